The minimum atomic E-state index is -0.594. The van der Waals surface area contributed by atoms with Gasteiger partial charge in [0.05, 0.1) is 22.9 Å². The minimum absolute atomic E-state index is 0.321. The molecule has 1 fully saturated rings. The van der Waals surface area contributed by atoms with Gasteiger partial charge in [-0.1, -0.05) is 0 Å². The maximum Gasteiger partial charge on any atom is 0.497 e. The van der Waals surface area contributed by atoms with Crippen LogP contribution in [0.1, 0.15) is 27.7 Å². The largest absolute Gasteiger partial charge is 0.497 e. The van der Waals surface area contributed by atoms with Gasteiger partial charge in [-0.25, -0.2) is 4.39 Å². The van der Waals surface area contributed by atoms with Crippen LogP contribution < -0.4 is 5.46 Å². The number of hydrogen-bond donors (Lipinski definition) is 1. The van der Waals surface area contributed by atoms with Gasteiger partial charge < -0.3 is 9.31 Å². The van der Waals surface area contributed by atoms with Crippen LogP contribution in [0, 0.1) is 5.82 Å². The molecule has 1 N–H and O–H groups in total. The molecule has 6 heteroatoms. The summed E-state index contributed by atoms with van der Waals surface area (Å²) in [6, 6.07) is 2.87. The van der Waals surface area contributed by atoms with E-state index in [4.69, 9.17) is 9.31 Å². The summed E-state index contributed by atoms with van der Waals surface area (Å²) in [5.74, 6) is -0.321. The van der Waals surface area contributed by atoms with Crippen molar-refractivity contribution < 1.29 is 13.7 Å². The average Bonchev–Trinajstić information content (AvgIpc) is 2.80. The quantitative estimate of drug-likeness (QED) is 0.799. The molecule has 2 aromatic rings. The van der Waals surface area contributed by atoms with E-state index in [2.05, 4.69) is 10.2 Å². The van der Waals surface area contributed by atoms with E-state index in [-0.39, 0.29) is 5.82 Å². The van der Waals surface area contributed by atoms with Crippen molar-refractivity contribution in [1.82, 2.24) is 10.2 Å². The first-order valence-corrected chi connectivity index (χ1v) is 6.28. The Morgan fingerprint density at radius 2 is 1.79 bits per heavy atom. The minimum Gasteiger partial charge on any atom is -0.399 e. The summed E-state index contributed by atoms with van der Waals surface area (Å²) in [6.45, 7) is 7.87. The van der Waals surface area contributed by atoms with Gasteiger partial charge >= 0.3 is 7.12 Å². The van der Waals surface area contributed by atoms with Crippen molar-refractivity contribution in [1.29, 1.82) is 0 Å². The molecule has 0 radical (unpaired) electrons. The second-order valence-corrected chi connectivity index (χ2v) is 5.92. The molecule has 0 aliphatic carbocycles. The number of aromatic nitrogens is 2. The first kappa shape index (κ1) is 12.6. The molecule has 1 aliphatic rings. The summed E-state index contributed by atoms with van der Waals surface area (Å²) in [7, 11) is -0.594. The number of hydrogen-bond acceptors (Lipinski definition) is 3. The number of H-pyrrole nitrogens is 1. The van der Waals surface area contributed by atoms with Gasteiger partial charge in [0.2, 0.25) is 0 Å². The second kappa shape index (κ2) is 3.80. The van der Waals surface area contributed by atoms with Crippen molar-refractivity contribution in [2.75, 3.05) is 0 Å². The molecule has 1 saturated heterocycles. The van der Waals surface area contributed by atoms with E-state index in [0.717, 1.165) is 5.52 Å². The summed E-state index contributed by atoms with van der Waals surface area (Å²) in [5.41, 5.74) is 0.498. The maximum atomic E-state index is 13.7. The van der Waals surface area contributed by atoms with E-state index in [0.29, 0.717) is 10.8 Å². The normalized spacial score (nSPS) is 21.2. The Kier molecular flexibility index (Phi) is 2.53. The topological polar surface area (TPSA) is 47.1 Å². The number of nitrogens with zero attached hydrogens (tertiary/aromatic N) is 1. The van der Waals surface area contributed by atoms with Crippen molar-refractivity contribution in [3.63, 3.8) is 0 Å². The van der Waals surface area contributed by atoms with Crippen molar-refractivity contribution in [3.05, 3.63) is 24.1 Å². The molecule has 1 aromatic carbocycles. The first-order valence-electron chi connectivity index (χ1n) is 6.28. The fourth-order valence-electron chi connectivity index (χ4n) is 2.20. The number of benzene rings is 1. The number of halogens is 1. The standard InChI is InChI=1S/C13H16BFN2O2/c1-12(2)13(3,4)19-14(18-12)10-6-9(15)5-8-7-16-17-11(8)10/h5-7H,1-4H3,(H,16,17). The Morgan fingerprint density at radius 3 is 2.42 bits per heavy atom. The van der Waals surface area contributed by atoms with Crippen LogP contribution in [0.15, 0.2) is 18.3 Å². The Hall–Kier alpha value is -1.40. The SMILES string of the molecule is CC1(C)OB(c2cc(F)cc3cn[nH]c23)OC1(C)C. The van der Waals surface area contributed by atoms with Crippen molar-refractivity contribution in [2.24, 2.45) is 0 Å². The van der Waals surface area contributed by atoms with E-state index in [1.54, 1.807) is 6.20 Å². The van der Waals surface area contributed by atoms with Crippen LogP contribution >= 0.6 is 0 Å². The third kappa shape index (κ3) is 1.86. The number of rotatable bonds is 1. The lowest BCUT2D eigenvalue weighted by Gasteiger charge is -2.32. The zero-order valence-corrected chi connectivity index (χ0v) is 11.5. The summed E-state index contributed by atoms with van der Waals surface area (Å²) >= 11 is 0. The molecule has 3 rings (SSSR count). The summed E-state index contributed by atoms with van der Waals surface area (Å²) in [6.07, 6.45) is 1.59. The van der Waals surface area contributed by atoms with Gasteiger partial charge in [0.15, 0.2) is 0 Å². The highest BCUT2D eigenvalue weighted by Crippen LogP contribution is 2.36. The lowest BCUT2D eigenvalue weighted by molar-refractivity contribution is 0.00578. The molecule has 4 nitrogen and oxygen atoms in total. The van der Waals surface area contributed by atoms with Crippen molar-refractivity contribution >= 4 is 23.5 Å². The van der Waals surface area contributed by atoms with Crippen LogP contribution in [0.25, 0.3) is 10.9 Å². The highest BCUT2D eigenvalue weighted by Gasteiger charge is 2.52. The van der Waals surface area contributed by atoms with Gasteiger partial charge in [0, 0.05) is 10.8 Å². The highest BCUT2D eigenvalue weighted by molar-refractivity contribution is 6.64. The van der Waals surface area contributed by atoms with Gasteiger partial charge in [-0.2, -0.15) is 5.10 Å². The third-order valence-corrected chi connectivity index (χ3v) is 4.05. The van der Waals surface area contributed by atoms with Crippen molar-refractivity contribution in [2.45, 2.75) is 38.9 Å². The molecule has 1 aromatic heterocycles. The molecule has 0 amide bonds. The maximum absolute atomic E-state index is 13.7. The van der Waals surface area contributed by atoms with Gasteiger partial charge in [0.1, 0.15) is 5.82 Å². The molecule has 0 spiro atoms. The zero-order chi connectivity index (χ0) is 13.8. The first-order chi connectivity index (χ1) is 8.80. The number of aromatic amines is 1. The van der Waals surface area contributed by atoms with Gasteiger partial charge in [-0.3, -0.25) is 5.10 Å². The fraction of sp³-hybridized carbons (Fsp3) is 0.462. The van der Waals surface area contributed by atoms with Crippen LogP contribution in [0.5, 0.6) is 0 Å². The molecule has 0 bridgehead atoms. The van der Waals surface area contributed by atoms with Crippen molar-refractivity contribution in [3.8, 4) is 0 Å². The van der Waals surface area contributed by atoms with E-state index in [1.807, 2.05) is 27.7 Å². The lowest BCUT2D eigenvalue weighted by atomic mass is 9.78. The summed E-state index contributed by atoms with van der Waals surface area (Å²) in [4.78, 5) is 0. The predicted molar refractivity (Wildman–Crippen MR) is 71.8 cm³/mol. The Bertz CT molecular complexity index is 623. The van der Waals surface area contributed by atoms with Gasteiger partial charge in [0.25, 0.3) is 0 Å². The molecule has 0 unspecified atom stereocenters. The van der Waals surface area contributed by atoms with Crippen LogP contribution in [0.3, 0.4) is 0 Å². The monoisotopic (exact) mass is 262 g/mol. The fourth-order valence-corrected chi connectivity index (χ4v) is 2.20. The third-order valence-electron chi connectivity index (χ3n) is 4.05. The molecular formula is C13H16BFN2O2. The summed E-state index contributed by atoms with van der Waals surface area (Å²) < 4.78 is 25.6. The molecule has 0 saturated carbocycles. The second-order valence-electron chi connectivity index (χ2n) is 5.92. The number of nitrogens with one attached hydrogen (secondary N) is 1. The van der Waals surface area contributed by atoms with E-state index in [9.17, 15) is 4.39 Å². The Balaban J connectivity index is 2.09. The molecule has 100 valence electrons. The van der Waals surface area contributed by atoms with E-state index < -0.39 is 18.3 Å². The Labute approximate surface area is 111 Å². The Morgan fingerprint density at radius 1 is 1.16 bits per heavy atom. The molecule has 19 heavy (non-hydrogen) atoms. The number of fused-ring (bicyclic) bond motifs is 1. The van der Waals surface area contributed by atoms with Crippen LogP contribution in [-0.2, 0) is 9.31 Å². The predicted octanol–water partition coefficient (Wildman–Crippen LogP) is 2.00. The molecule has 0 atom stereocenters. The highest BCUT2D eigenvalue weighted by atomic mass is 19.1. The van der Waals surface area contributed by atoms with Crippen LogP contribution in [-0.4, -0.2) is 28.5 Å². The van der Waals surface area contributed by atoms with E-state index in [1.165, 1.54) is 12.1 Å². The molecule has 1 aliphatic heterocycles. The average molecular weight is 262 g/mol. The van der Waals surface area contributed by atoms with Crippen LogP contribution in [0.2, 0.25) is 0 Å². The van der Waals surface area contributed by atoms with Gasteiger partial charge in [-0.05, 0) is 39.8 Å². The van der Waals surface area contributed by atoms with Crippen LogP contribution in [0.4, 0.5) is 4.39 Å². The smallest absolute Gasteiger partial charge is 0.399 e. The molecule has 2 heterocycles. The van der Waals surface area contributed by atoms with Gasteiger partial charge in [-0.15, -0.1) is 0 Å². The summed E-state index contributed by atoms with van der Waals surface area (Å²) in [5, 5.41) is 7.53. The van der Waals surface area contributed by atoms with E-state index >= 15 is 0 Å². The molecular weight excluding hydrogens is 246 g/mol. The zero-order valence-electron chi connectivity index (χ0n) is 11.5. The lowest BCUT2D eigenvalue weighted by Crippen LogP contribution is -2.41.